The van der Waals surface area contributed by atoms with Gasteiger partial charge in [0.15, 0.2) is 0 Å². The van der Waals surface area contributed by atoms with Gasteiger partial charge in [-0.3, -0.25) is 0 Å². The van der Waals surface area contributed by atoms with Gasteiger partial charge in [-0.15, -0.1) is 0 Å². The number of halogens is 1. The maximum atomic E-state index is 3.57. The Balaban J connectivity index is 2.81. The molecule has 0 radical (unpaired) electrons. The lowest BCUT2D eigenvalue weighted by Crippen LogP contribution is -2.18. The molecule has 0 aliphatic heterocycles. The summed E-state index contributed by atoms with van der Waals surface area (Å²) in [5.41, 5.74) is 3.09. The first-order valence-corrected chi connectivity index (χ1v) is 6.73. The van der Waals surface area contributed by atoms with Crippen molar-refractivity contribution in [1.29, 1.82) is 0 Å². The SMILES string of the molecule is CC(C)Cc1ccc(C(C)(C)CBr)cc1. The Morgan fingerprint density at radius 2 is 1.67 bits per heavy atom. The van der Waals surface area contributed by atoms with Gasteiger partial charge in [-0.2, -0.15) is 0 Å². The molecule has 0 aliphatic rings. The predicted molar refractivity (Wildman–Crippen MR) is 71.8 cm³/mol. The van der Waals surface area contributed by atoms with Crippen LogP contribution in [0.15, 0.2) is 24.3 Å². The summed E-state index contributed by atoms with van der Waals surface area (Å²) in [5.74, 6) is 0.736. The number of hydrogen-bond donors (Lipinski definition) is 0. The van der Waals surface area contributed by atoms with Crippen molar-refractivity contribution in [1.82, 2.24) is 0 Å². The van der Waals surface area contributed by atoms with Crippen molar-refractivity contribution in [2.45, 2.75) is 39.5 Å². The second-order valence-electron chi connectivity index (χ2n) is 5.31. The first-order chi connectivity index (χ1) is 6.95. The van der Waals surface area contributed by atoms with Crippen LogP contribution in [0.1, 0.15) is 38.8 Å². The summed E-state index contributed by atoms with van der Waals surface area (Å²) >= 11 is 3.57. The lowest BCUT2D eigenvalue weighted by Gasteiger charge is -2.22. The fraction of sp³-hybridized carbons (Fsp3) is 0.571. The van der Waals surface area contributed by atoms with Crippen LogP contribution in [0, 0.1) is 5.92 Å². The van der Waals surface area contributed by atoms with Crippen LogP contribution in [0.4, 0.5) is 0 Å². The highest BCUT2D eigenvalue weighted by molar-refractivity contribution is 9.09. The summed E-state index contributed by atoms with van der Waals surface area (Å²) in [5, 5.41) is 1.00. The van der Waals surface area contributed by atoms with Crippen molar-refractivity contribution in [3.63, 3.8) is 0 Å². The largest absolute Gasteiger partial charge is 0.0919 e. The molecule has 0 amide bonds. The van der Waals surface area contributed by atoms with Crippen molar-refractivity contribution >= 4 is 15.9 Å². The van der Waals surface area contributed by atoms with Gasteiger partial charge in [-0.1, -0.05) is 67.9 Å². The minimum atomic E-state index is 0.233. The molecule has 0 aromatic heterocycles. The maximum absolute atomic E-state index is 3.57. The first-order valence-electron chi connectivity index (χ1n) is 5.61. The number of hydrogen-bond acceptors (Lipinski definition) is 0. The molecule has 0 saturated carbocycles. The van der Waals surface area contributed by atoms with Gasteiger partial charge in [0.25, 0.3) is 0 Å². The van der Waals surface area contributed by atoms with E-state index in [2.05, 4.69) is 67.9 Å². The Morgan fingerprint density at radius 1 is 1.13 bits per heavy atom. The average molecular weight is 269 g/mol. The van der Waals surface area contributed by atoms with Crippen molar-refractivity contribution in [3.8, 4) is 0 Å². The quantitative estimate of drug-likeness (QED) is 0.703. The third-order valence-electron chi connectivity index (χ3n) is 2.71. The summed E-state index contributed by atoms with van der Waals surface area (Å²) in [6.07, 6.45) is 1.18. The standard InChI is InChI=1S/C14H21Br/c1-11(2)9-12-5-7-13(8-6-12)14(3,4)10-15/h5-8,11H,9-10H2,1-4H3. The van der Waals surface area contributed by atoms with Crippen LogP contribution < -0.4 is 0 Å². The van der Waals surface area contributed by atoms with E-state index in [4.69, 9.17) is 0 Å². The average Bonchev–Trinajstić information content (AvgIpc) is 2.18. The molecule has 1 aromatic carbocycles. The van der Waals surface area contributed by atoms with Crippen LogP contribution in [0.3, 0.4) is 0 Å². The van der Waals surface area contributed by atoms with Crippen LogP contribution in [0.5, 0.6) is 0 Å². The van der Waals surface area contributed by atoms with Gasteiger partial charge in [0, 0.05) is 5.33 Å². The Bertz CT molecular complexity index is 296. The smallest absolute Gasteiger partial charge is 0.0123 e. The predicted octanol–water partition coefficient (Wildman–Crippen LogP) is 4.56. The van der Waals surface area contributed by atoms with Crippen LogP contribution in [0.25, 0.3) is 0 Å². The summed E-state index contributed by atoms with van der Waals surface area (Å²) in [4.78, 5) is 0. The van der Waals surface area contributed by atoms with E-state index in [-0.39, 0.29) is 5.41 Å². The number of alkyl halides is 1. The number of benzene rings is 1. The molecule has 84 valence electrons. The first kappa shape index (κ1) is 12.8. The summed E-state index contributed by atoms with van der Waals surface area (Å²) in [6.45, 7) is 9.05. The van der Waals surface area contributed by atoms with E-state index in [1.54, 1.807) is 0 Å². The van der Waals surface area contributed by atoms with E-state index < -0.39 is 0 Å². The minimum Gasteiger partial charge on any atom is -0.0919 e. The third kappa shape index (κ3) is 3.64. The fourth-order valence-corrected chi connectivity index (χ4v) is 1.96. The molecule has 0 N–H and O–H groups in total. The van der Waals surface area contributed by atoms with Crippen molar-refractivity contribution < 1.29 is 0 Å². The molecule has 0 nitrogen and oxygen atoms in total. The Kier molecular flexibility index (Phi) is 4.39. The highest BCUT2D eigenvalue weighted by atomic mass is 79.9. The zero-order valence-electron chi connectivity index (χ0n) is 10.2. The van der Waals surface area contributed by atoms with Crippen molar-refractivity contribution in [2.75, 3.05) is 5.33 Å². The van der Waals surface area contributed by atoms with E-state index in [1.807, 2.05) is 0 Å². The molecule has 1 heteroatoms. The van der Waals surface area contributed by atoms with Crippen molar-refractivity contribution in [2.24, 2.45) is 5.92 Å². The van der Waals surface area contributed by atoms with Gasteiger partial charge in [-0.25, -0.2) is 0 Å². The van der Waals surface area contributed by atoms with E-state index in [1.165, 1.54) is 17.5 Å². The fourth-order valence-electron chi connectivity index (χ4n) is 1.64. The van der Waals surface area contributed by atoms with Crippen LogP contribution in [-0.4, -0.2) is 5.33 Å². The highest BCUT2D eigenvalue weighted by Gasteiger charge is 2.18. The molecular weight excluding hydrogens is 248 g/mol. The zero-order chi connectivity index (χ0) is 11.5. The topological polar surface area (TPSA) is 0 Å². The molecular formula is C14H21Br. The Labute approximate surface area is 102 Å². The monoisotopic (exact) mass is 268 g/mol. The zero-order valence-corrected chi connectivity index (χ0v) is 11.8. The second-order valence-corrected chi connectivity index (χ2v) is 5.87. The lowest BCUT2D eigenvalue weighted by atomic mass is 9.86. The van der Waals surface area contributed by atoms with E-state index in [9.17, 15) is 0 Å². The van der Waals surface area contributed by atoms with Gasteiger partial charge < -0.3 is 0 Å². The van der Waals surface area contributed by atoms with Crippen LogP contribution in [-0.2, 0) is 11.8 Å². The van der Waals surface area contributed by atoms with Gasteiger partial charge in [0.2, 0.25) is 0 Å². The van der Waals surface area contributed by atoms with Gasteiger partial charge >= 0.3 is 0 Å². The van der Waals surface area contributed by atoms with Gasteiger partial charge in [0.1, 0.15) is 0 Å². The van der Waals surface area contributed by atoms with Crippen LogP contribution >= 0.6 is 15.9 Å². The summed E-state index contributed by atoms with van der Waals surface area (Å²) in [7, 11) is 0. The minimum absolute atomic E-state index is 0.233. The molecule has 1 rings (SSSR count). The van der Waals surface area contributed by atoms with Crippen molar-refractivity contribution in [3.05, 3.63) is 35.4 Å². The molecule has 0 saturated heterocycles. The molecule has 0 fully saturated rings. The second kappa shape index (κ2) is 5.16. The normalized spacial score (nSPS) is 12.1. The van der Waals surface area contributed by atoms with Gasteiger partial charge in [0.05, 0.1) is 0 Å². The molecule has 15 heavy (non-hydrogen) atoms. The summed E-state index contributed by atoms with van der Waals surface area (Å²) < 4.78 is 0. The maximum Gasteiger partial charge on any atom is 0.0123 e. The Morgan fingerprint density at radius 3 is 2.07 bits per heavy atom. The van der Waals surface area contributed by atoms with E-state index in [0.29, 0.717) is 0 Å². The number of rotatable bonds is 4. The molecule has 0 unspecified atom stereocenters. The lowest BCUT2D eigenvalue weighted by molar-refractivity contribution is 0.604. The molecule has 0 aliphatic carbocycles. The van der Waals surface area contributed by atoms with Gasteiger partial charge in [-0.05, 0) is 28.9 Å². The third-order valence-corrected chi connectivity index (χ3v) is 4.12. The summed E-state index contributed by atoms with van der Waals surface area (Å²) in [6, 6.07) is 9.05. The van der Waals surface area contributed by atoms with E-state index >= 15 is 0 Å². The Hall–Kier alpha value is -0.300. The molecule has 0 heterocycles. The van der Waals surface area contributed by atoms with E-state index in [0.717, 1.165) is 11.2 Å². The molecule has 0 bridgehead atoms. The molecule has 1 aromatic rings. The molecule has 0 spiro atoms. The molecule has 0 atom stereocenters. The highest BCUT2D eigenvalue weighted by Crippen LogP contribution is 2.25. The van der Waals surface area contributed by atoms with Crippen LogP contribution in [0.2, 0.25) is 0 Å².